The molecule has 1 aliphatic rings. The molecule has 1 fully saturated rings. The number of nitrogens with zero attached hydrogens (tertiary/aromatic N) is 3. The van der Waals surface area contributed by atoms with Gasteiger partial charge in [0.25, 0.3) is 5.56 Å². The van der Waals surface area contributed by atoms with E-state index in [1.807, 2.05) is 26.0 Å². The van der Waals surface area contributed by atoms with Crippen LogP contribution in [0.25, 0.3) is 40.9 Å². The topological polar surface area (TPSA) is 50.2 Å². The molecule has 0 amide bonds. The van der Waals surface area contributed by atoms with Crippen LogP contribution in [0.3, 0.4) is 0 Å². The van der Waals surface area contributed by atoms with E-state index in [0.29, 0.717) is 47.6 Å². The van der Waals surface area contributed by atoms with E-state index in [2.05, 4.69) is 28.2 Å². The average Bonchev–Trinajstić information content (AvgIpc) is 3.35. The number of piperazine rings is 1. The Kier molecular flexibility index (Phi) is 8.21. The van der Waals surface area contributed by atoms with Crippen LogP contribution in [0.1, 0.15) is 28.5 Å². The van der Waals surface area contributed by atoms with Crippen molar-refractivity contribution in [2.24, 2.45) is 0 Å². The number of allylic oxidation sites excluding steroid dienone is 3. The normalized spacial score (nSPS) is 15.1. The number of aryl methyl sites for hydroxylation is 1. The van der Waals surface area contributed by atoms with Crippen LogP contribution in [0, 0.1) is 19.3 Å². The summed E-state index contributed by atoms with van der Waals surface area (Å²) in [6, 6.07) is 7.00. The molecular formula is C33H29F3N4OS. The van der Waals surface area contributed by atoms with Gasteiger partial charge in [0.2, 0.25) is 0 Å². The Bertz CT molecular complexity index is 1940. The molecule has 1 aliphatic heterocycles. The highest BCUT2D eigenvalue weighted by molar-refractivity contribution is 7.10. The van der Waals surface area contributed by atoms with Crippen molar-refractivity contribution < 1.29 is 13.2 Å². The number of hydrogen-bond donors (Lipinski definition) is 1. The maximum Gasteiger partial charge on any atom is 0.418 e. The minimum Gasteiger partial charge on any atom is -0.368 e. The Balaban J connectivity index is 1.66. The second-order valence-corrected chi connectivity index (χ2v) is 11.1. The lowest BCUT2D eigenvalue weighted by Gasteiger charge is -2.31. The molecule has 0 spiro atoms. The number of anilines is 1. The van der Waals surface area contributed by atoms with Crippen molar-refractivity contribution >= 4 is 52.2 Å². The summed E-state index contributed by atoms with van der Waals surface area (Å²) in [6.45, 7) is 10.3. The van der Waals surface area contributed by atoms with Crippen LogP contribution in [0.2, 0.25) is 0 Å². The van der Waals surface area contributed by atoms with Gasteiger partial charge in [0.15, 0.2) is 0 Å². The zero-order valence-corrected chi connectivity index (χ0v) is 24.1. The third kappa shape index (κ3) is 5.69. The number of nitrogens with one attached hydrogen (secondary N) is 1. The molecule has 1 N–H and O–H groups in total. The molecule has 0 saturated carbocycles. The van der Waals surface area contributed by atoms with Crippen molar-refractivity contribution in [2.45, 2.75) is 20.0 Å². The first-order valence-corrected chi connectivity index (χ1v) is 14.2. The molecule has 0 aliphatic carbocycles. The average molecular weight is 587 g/mol. The lowest BCUT2D eigenvalue weighted by atomic mass is 10.0. The first-order chi connectivity index (χ1) is 20.1. The molecule has 1 aromatic carbocycles. The summed E-state index contributed by atoms with van der Waals surface area (Å²) < 4.78 is 44.2. The van der Waals surface area contributed by atoms with Crippen LogP contribution in [0.5, 0.6) is 0 Å². The number of rotatable bonds is 5. The van der Waals surface area contributed by atoms with E-state index in [0.717, 1.165) is 27.6 Å². The second-order valence-electron chi connectivity index (χ2n) is 10.0. The summed E-state index contributed by atoms with van der Waals surface area (Å²) in [5.74, 6) is 2.52. The number of fused-ring (bicyclic) bond motifs is 1. The summed E-state index contributed by atoms with van der Waals surface area (Å²) in [7, 11) is 0. The van der Waals surface area contributed by atoms with Gasteiger partial charge in [-0.15, -0.1) is 17.8 Å². The summed E-state index contributed by atoms with van der Waals surface area (Å²) in [5.41, 5.74) is 2.43. The van der Waals surface area contributed by atoms with Crippen molar-refractivity contribution in [3.63, 3.8) is 0 Å². The van der Waals surface area contributed by atoms with Gasteiger partial charge in [-0.05, 0) is 78.4 Å². The number of terminal acetylenes is 1. The summed E-state index contributed by atoms with van der Waals surface area (Å²) in [5, 5.41) is 6.74. The molecule has 42 heavy (non-hydrogen) atoms. The minimum absolute atomic E-state index is 0.104. The number of halogens is 3. The number of pyridine rings is 2. The first kappa shape index (κ1) is 29.1. The van der Waals surface area contributed by atoms with Gasteiger partial charge in [-0.25, -0.2) is 0 Å². The maximum absolute atomic E-state index is 14.3. The lowest BCUT2D eigenvalue weighted by Crippen LogP contribution is -2.44. The Morgan fingerprint density at radius 1 is 1.21 bits per heavy atom. The maximum atomic E-state index is 14.3. The van der Waals surface area contributed by atoms with E-state index in [1.54, 1.807) is 46.7 Å². The van der Waals surface area contributed by atoms with Gasteiger partial charge in [0.1, 0.15) is 0 Å². The van der Waals surface area contributed by atoms with Crippen molar-refractivity contribution in [1.29, 1.82) is 0 Å². The Hall–Kier alpha value is -4.39. The lowest BCUT2D eigenvalue weighted by molar-refractivity contribution is -0.137. The van der Waals surface area contributed by atoms with E-state index in [4.69, 9.17) is 6.42 Å². The number of alkyl halides is 3. The van der Waals surface area contributed by atoms with Gasteiger partial charge >= 0.3 is 6.18 Å². The van der Waals surface area contributed by atoms with Gasteiger partial charge in [0.05, 0.1) is 22.1 Å². The Labute approximate surface area is 245 Å². The van der Waals surface area contributed by atoms with Crippen LogP contribution < -0.4 is 26.3 Å². The highest BCUT2D eigenvalue weighted by Crippen LogP contribution is 2.38. The largest absolute Gasteiger partial charge is 0.418 e. The van der Waals surface area contributed by atoms with Crippen molar-refractivity contribution in [2.75, 3.05) is 31.1 Å². The number of thiophene rings is 1. The van der Waals surface area contributed by atoms with E-state index in [-0.39, 0.29) is 11.4 Å². The molecule has 4 aromatic rings. The first-order valence-electron chi connectivity index (χ1n) is 13.4. The van der Waals surface area contributed by atoms with Crippen molar-refractivity contribution in [3.05, 3.63) is 96.5 Å². The van der Waals surface area contributed by atoms with Gasteiger partial charge in [-0.2, -0.15) is 13.2 Å². The zero-order valence-electron chi connectivity index (χ0n) is 23.3. The fourth-order valence-corrected chi connectivity index (χ4v) is 6.09. The van der Waals surface area contributed by atoms with E-state index < -0.39 is 17.3 Å². The van der Waals surface area contributed by atoms with Gasteiger partial charge in [0, 0.05) is 59.6 Å². The number of aromatic nitrogens is 2. The molecule has 1 saturated heterocycles. The quantitative estimate of drug-likeness (QED) is 0.330. The van der Waals surface area contributed by atoms with Gasteiger partial charge in [-0.1, -0.05) is 18.6 Å². The monoisotopic (exact) mass is 586 g/mol. The molecule has 214 valence electrons. The SMILES string of the molecule is C#CC=Cc1c(C(C)=CC=c2ncc3ccc(=O)n(-c4ccc(N5CCNCC5)c(C(F)(F)F)c4)c3c2=C)csc1C. The van der Waals surface area contributed by atoms with E-state index in [9.17, 15) is 18.0 Å². The molecule has 0 unspecified atom stereocenters. The molecular weight excluding hydrogens is 557 g/mol. The van der Waals surface area contributed by atoms with E-state index in [1.165, 1.54) is 16.7 Å². The van der Waals surface area contributed by atoms with Crippen LogP contribution >= 0.6 is 11.3 Å². The molecule has 4 heterocycles. The third-order valence-electron chi connectivity index (χ3n) is 7.35. The molecule has 5 nitrogen and oxygen atoms in total. The van der Waals surface area contributed by atoms with Gasteiger partial charge < -0.3 is 10.2 Å². The van der Waals surface area contributed by atoms with Crippen molar-refractivity contribution in [3.8, 4) is 18.0 Å². The predicted octanol–water partition coefficient (Wildman–Crippen LogP) is 5.12. The minimum atomic E-state index is -4.60. The highest BCUT2D eigenvalue weighted by Gasteiger charge is 2.35. The predicted molar refractivity (Wildman–Crippen MR) is 167 cm³/mol. The number of benzene rings is 1. The molecule has 5 rings (SSSR count). The van der Waals surface area contributed by atoms with Crippen LogP contribution in [-0.2, 0) is 6.18 Å². The fourth-order valence-electron chi connectivity index (χ4n) is 5.18. The second kappa shape index (κ2) is 11.8. The standard InChI is InChI=1S/C33H29F3N4OS/c1-5-6-7-26-23(4)42-20-27(26)21(2)8-11-29-22(3)32-24(19-38-29)9-13-31(41)40(32)25-10-12-30(28(18-25)33(34,35)36)39-16-14-37-15-17-39/h1,6-13,18-20,37H,3,14-17H2,2,4H3. The van der Waals surface area contributed by atoms with E-state index >= 15 is 0 Å². The van der Waals surface area contributed by atoms with Gasteiger partial charge in [-0.3, -0.25) is 14.3 Å². The molecule has 9 heteroatoms. The molecule has 3 aromatic heterocycles. The Morgan fingerprint density at radius 3 is 2.69 bits per heavy atom. The number of hydrogen-bond acceptors (Lipinski definition) is 5. The van der Waals surface area contributed by atoms with Crippen LogP contribution in [0.4, 0.5) is 18.9 Å². The van der Waals surface area contributed by atoms with Crippen LogP contribution in [-0.4, -0.2) is 35.7 Å². The smallest absolute Gasteiger partial charge is 0.368 e. The zero-order chi connectivity index (χ0) is 30.0. The molecule has 0 atom stereocenters. The third-order valence-corrected chi connectivity index (χ3v) is 8.27. The highest BCUT2D eigenvalue weighted by atomic mass is 32.1. The molecule has 0 radical (unpaired) electrons. The summed E-state index contributed by atoms with van der Waals surface area (Å²) in [6.07, 6.45) is 9.67. The van der Waals surface area contributed by atoms with Crippen LogP contribution in [0.15, 0.2) is 58.9 Å². The Morgan fingerprint density at radius 2 is 1.98 bits per heavy atom. The summed E-state index contributed by atoms with van der Waals surface area (Å²) >= 11 is 1.62. The summed E-state index contributed by atoms with van der Waals surface area (Å²) in [4.78, 5) is 20.6. The fraction of sp³-hybridized carbons (Fsp3) is 0.212. The molecule has 0 bridgehead atoms. The van der Waals surface area contributed by atoms with Crippen molar-refractivity contribution in [1.82, 2.24) is 14.9 Å².